The van der Waals surface area contributed by atoms with Crippen molar-refractivity contribution >= 4 is 11.9 Å². The van der Waals surface area contributed by atoms with Crippen molar-refractivity contribution in [3.05, 3.63) is 12.7 Å². The summed E-state index contributed by atoms with van der Waals surface area (Å²) < 4.78 is 17.0. The third kappa shape index (κ3) is 3.76. The number of ether oxygens (including phenoxy) is 3. The van der Waals surface area contributed by atoms with E-state index in [2.05, 4.69) is 13.5 Å². The lowest BCUT2D eigenvalue weighted by Gasteiger charge is -2.59. The number of esters is 2. The lowest BCUT2D eigenvalue weighted by atomic mass is 9.48. The fourth-order valence-corrected chi connectivity index (χ4v) is 5.50. The first-order valence-electron chi connectivity index (χ1n) is 9.58. The van der Waals surface area contributed by atoms with E-state index in [9.17, 15) is 9.59 Å². The minimum absolute atomic E-state index is 0.176. The van der Waals surface area contributed by atoms with Gasteiger partial charge >= 0.3 is 11.9 Å². The Labute approximate surface area is 150 Å². The van der Waals surface area contributed by atoms with E-state index in [0.29, 0.717) is 24.9 Å². The summed E-state index contributed by atoms with van der Waals surface area (Å²) in [6.07, 6.45) is 7.81. The Morgan fingerprint density at radius 3 is 2.52 bits per heavy atom. The molecule has 4 saturated carbocycles. The molecular weight excluding hydrogens is 320 g/mol. The topological polar surface area (TPSA) is 61.8 Å². The molecule has 3 unspecified atom stereocenters. The van der Waals surface area contributed by atoms with Gasteiger partial charge in [-0.15, -0.1) is 0 Å². The first-order chi connectivity index (χ1) is 11.9. The molecule has 0 aliphatic heterocycles. The van der Waals surface area contributed by atoms with Crippen LogP contribution in [0.1, 0.15) is 65.2 Å². The Kier molecular flexibility index (Phi) is 5.24. The SMILES string of the molecule is C=CC(=O)OC12CC3CC(C1)CC(C(=O)OC(C)OCCCC)(C3)C2. The first kappa shape index (κ1) is 18.4. The highest BCUT2D eigenvalue weighted by Gasteiger charge is 2.63. The monoisotopic (exact) mass is 350 g/mol. The summed E-state index contributed by atoms with van der Waals surface area (Å²) in [5.41, 5.74) is -1.03. The van der Waals surface area contributed by atoms with E-state index in [1.165, 1.54) is 6.08 Å². The van der Waals surface area contributed by atoms with Gasteiger partial charge in [-0.1, -0.05) is 19.9 Å². The van der Waals surface area contributed by atoms with Crippen molar-refractivity contribution in [3.63, 3.8) is 0 Å². The second-order valence-corrected chi connectivity index (χ2v) is 8.25. The van der Waals surface area contributed by atoms with E-state index in [-0.39, 0.29) is 11.9 Å². The zero-order chi connectivity index (χ0) is 18.1. The van der Waals surface area contributed by atoms with Crippen LogP contribution in [0.5, 0.6) is 0 Å². The van der Waals surface area contributed by atoms with Crippen LogP contribution < -0.4 is 0 Å². The third-order valence-corrected chi connectivity index (χ3v) is 6.05. The maximum atomic E-state index is 13.0. The minimum Gasteiger partial charge on any atom is -0.456 e. The van der Waals surface area contributed by atoms with Gasteiger partial charge in [-0.2, -0.15) is 0 Å². The summed E-state index contributed by atoms with van der Waals surface area (Å²) in [6, 6.07) is 0. The highest BCUT2D eigenvalue weighted by molar-refractivity contribution is 5.82. The van der Waals surface area contributed by atoms with Gasteiger partial charge in [0.2, 0.25) is 0 Å². The van der Waals surface area contributed by atoms with Gasteiger partial charge in [0.05, 0.1) is 12.0 Å². The molecule has 4 aliphatic rings. The van der Waals surface area contributed by atoms with E-state index < -0.39 is 17.3 Å². The van der Waals surface area contributed by atoms with Gasteiger partial charge in [-0.05, 0) is 57.3 Å². The van der Waals surface area contributed by atoms with Crippen molar-refractivity contribution in [1.82, 2.24) is 0 Å². The van der Waals surface area contributed by atoms with Gasteiger partial charge in [0.25, 0.3) is 0 Å². The number of unbranched alkanes of at least 4 members (excludes halogenated alkanes) is 1. The molecule has 4 rings (SSSR count). The molecule has 0 aromatic carbocycles. The van der Waals surface area contributed by atoms with Crippen LogP contribution >= 0.6 is 0 Å². The van der Waals surface area contributed by atoms with E-state index in [1.807, 2.05) is 0 Å². The Hall–Kier alpha value is -1.36. The normalized spacial score (nSPS) is 36.7. The van der Waals surface area contributed by atoms with Crippen LogP contribution in [-0.4, -0.2) is 30.4 Å². The molecular formula is C20H30O5. The molecule has 0 spiro atoms. The molecule has 4 fully saturated rings. The second-order valence-electron chi connectivity index (χ2n) is 8.25. The Morgan fingerprint density at radius 1 is 1.24 bits per heavy atom. The van der Waals surface area contributed by atoms with Gasteiger partial charge in [-0.3, -0.25) is 4.79 Å². The largest absolute Gasteiger partial charge is 0.456 e. The first-order valence-corrected chi connectivity index (χ1v) is 9.58. The number of carbonyl (C=O) groups excluding carboxylic acids is 2. The number of carbonyl (C=O) groups is 2. The van der Waals surface area contributed by atoms with Crippen molar-refractivity contribution in [2.45, 2.75) is 77.1 Å². The van der Waals surface area contributed by atoms with Crippen LogP contribution in [0.3, 0.4) is 0 Å². The van der Waals surface area contributed by atoms with Gasteiger partial charge in [-0.25, -0.2) is 4.79 Å². The van der Waals surface area contributed by atoms with Crippen LogP contribution in [0, 0.1) is 17.3 Å². The zero-order valence-electron chi connectivity index (χ0n) is 15.4. The molecule has 4 bridgehead atoms. The van der Waals surface area contributed by atoms with Crippen LogP contribution in [0.2, 0.25) is 0 Å². The molecule has 0 heterocycles. The average Bonchev–Trinajstić information content (AvgIpc) is 2.53. The molecule has 0 N–H and O–H groups in total. The van der Waals surface area contributed by atoms with Crippen molar-refractivity contribution < 1.29 is 23.8 Å². The summed E-state index contributed by atoms with van der Waals surface area (Å²) in [6.45, 7) is 7.98. The molecule has 3 atom stereocenters. The Balaban J connectivity index is 1.69. The summed E-state index contributed by atoms with van der Waals surface area (Å²) in [5, 5.41) is 0. The second kappa shape index (κ2) is 7.10. The zero-order valence-corrected chi connectivity index (χ0v) is 15.4. The van der Waals surface area contributed by atoms with E-state index >= 15 is 0 Å². The average molecular weight is 350 g/mol. The van der Waals surface area contributed by atoms with Crippen LogP contribution in [-0.2, 0) is 23.8 Å². The smallest absolute Gasteiger partial charge is 0.330 e. The van der Waals surface area contributed by atoms with Gasteiger partial charge in [0.15, 0.2) is 6.29 Å². The molecule has 140 valence electrons. The highest BCUT2D eigenvalue weighted by Crippen LogP contribution is 2.63. The molecule has 0 radical (unpaired) electrons. The molecule has 0 aromatic rings. The molecule has 5 nitrogen and oxygen atoms in total. The van der Waals surface area contributed by atoms with Crippen LogP contribution in [0.15, 0.2) is 12.7 Å². The lowest BCUT2D eigenvalue weighted by molar-refractivity contribution is -0.222. The fraction of sp³-hybridized carbons (Fsp3) is 0.800. The van der Waals surface area contributed by atoms with E-state index in [4.69, 9.17) is 14.2 Å². The van der Waals surface area contributed by atoms with Crippen molar-refractivity contribution in [3.8, 4) is 0 Å². The molecule has 0 aromatic heterocycles. The number of hydrogen-bond donors (Lipinski definition) is 0. The highest BCUT2D eigenvalue weighted by atomic mass is 16.7. The summed E-state index contributed by atoms with van der Waals surface area (Å²) in [5.74, 6) is 0.303. The molecule has 0 saturated heterocycles. The standard InChI is InChI=1S/C20H30O5/c1-4-6-7-23-14(3)24-18(22)19-9-15-8-16(10-19)12-20(11-15,13-19)25-17(21)5-2/h5,14-16H,2,4,6-13H2,1,3H3. The maximum Gasteiger partial charge on any atom is 0.330 e. The van der Waals surface area contributed by atoms with Crippen LogP contribution in [0.25, 0.3) is 0 Å². The van der Waals surface area contributed by atoms with Gasteiger partial charge in [0, 0.05) is 12.5 Å². The third-order valence-electron chi connectivity index (χ3n) is 6.05. The maximum absolute atomic E-state index is 13.0. The molecule has 25 heavy (non-hydrogen) atoms. The molecule has 5 heteroatoms. The van der Waals surface area contributed by atoms with Crippen LogP contribution in [0.4, 0.5) is 0 Å². The lowest BCUT2D eigenvalue weighted by Crippen LogP contribution is -2.60. The van der Waals surface area contributed by atoms with Crippen molar-refractivity contribution in [2.24, 2.45) is 17.3 Å². The number of hydrogen-bond acceptors (Lipinski definition) is 5. The summed E-state index contributed by atoms with van der Waals surface area (Å²) in [4.78, 5) is 24.8. The minimum atomic E-state index is -0.529. The van der Waals surface area contributed by atoms with E-state index in [0.717, 1.165) is 44.9 Å². The Morgan fingerprint density at radius 2 is 1.92 bits per heavy atom. The molecule has 0 amide bonds. The Bertz CT molecular complexity index is 526. The quantitative estimate of drug-likeness (QED) is 0.289. The van der Waals surface area contributed by atoms with Crippen molar-refractivity contribution in [2.75, 3.05) is 6.61 Å². The van der Waals surface area contributed by atoms with Gasteiger partial charge in [0.1, 0.15) is 5.60 Å². The van der Waals surface area contributed by atoms with Crippen molar-refractivity contribution in [1.29, 1.82) is 0 Å². The summed E-state index contributed by atoms with van der Waals surface area (Å²) >= 11 is 0. The van der Waals surface area contributed by atoms with E-state index in [1.54, 1.807) is 6.92 Å². The molecule has 4 aliphatic carbocycles. The predicted octanol–water partition coefficient (Wildman–Crippen LogP) is 3.76. The fourth-order valence-electron chi connectivity index (χ4n) is 5.50. The number of rotatable bonds is 8. The predicted molar refractivity (Wildman–Crippen MR) is 92.5 cm³/mol. The van der Waals surface area contributed by atoms with Gasteiger partial charge < -0.3 is 14.2 Å². The summed E-state index contributed by atoms with van der Waals surface area (Å²) in [7, 11) is 0.